The highest BCUT2D eigenvalue weighted by Gasteiger charge is 2.24. The molecule has 88 valence electrons. The molecule has 1 heterocycles. The molecular formula is C13H19NO2. The van der Waals surface area contributed by atoms with Crippen LogP contribution in [0.15, 0.2) is 18.2 Å². The maximum atomic E-state index is 10.3. The fraction of sp³-hybridized carbons (Fsp3) is 0.538. The fourth-order valence-electron chi connectivity index (χ4n) is 2.23. The smallest absolute Gasteiger partial charge is 0.0860 e. The maximum Gasteiger partial charge on any atom is 0.0860 e. The summed E-state index contributed by atoms with van der Waals surface area (Å²) < 4.78 is 5.39. The fourth-order valence-corrected chi connectivity index (χ4v) is 2.23. The van der Waals surface area contributed by atoms with Gasteiger partial charge in [-0.2, -0.15) is 0 Å². The Labute approximate surface area is 96.2 Å². The monoisotopic (exact) mass is 221 g/mol. The number of aryl methyl sites for hydroxylation is 1. The normalized spacial score (nSPS) is 23.0. The van der Waals surface area contributed by atoms with Crippen LogP contribution in [0.25, 0.3) is 0 Å². The summed E-state index contributed by atoms with van der Waals surface area (Å²) in [6, 6.07) is 5.81. The second kappa shape index (κ2) is 4.85. The van der Waals surface area contributed by atoms with Crippen LogP contribution >= 0.6 is 0 Å². The van der Waals surface area contributed by atoms with Crippen LogP contribution in [0.5, 0.6) is 0 Å². The molecule has 1 saturated heterocycles. The molecule has 1 aromatic rings. The van der Waals surface area contributed by atoms with E-state index in [9.17, 15) is 5.11 Å². The lowest BCUT2D eigenvalue weighted by atomic mass is 9.90. The predicted molar refractivity (Wildman–Crippen MR) is 64.1 cm³/mol. The van der Waals surface area contributed by atoms with E-state index in [-0.39, 0.29) is 5.92 Å². The van der Waals surface area contributed by atoms with Crippen molar-refractivity contribution in [3.63, 3.8) is 0 Å². The van der Waals surface area contributed by atoms with E-state index < -0.39 is 6.10 Å². The van der Waals surface area contributed by atoms with Gasteiger partial charge in [0.2, 0.25) is 0 Å². The lowest BCUT2D eigenvalue weighted by molar-refractivity contribution is -0.00968. The molecule has 2 unspecified atom stereocenters. The molecule has 0 aliphatic carbocycles. The zero-order chi connectivity index (χ0) is 11.5. The zero-order valence-corrected chi connectivity index (χ0v) is 9.65. The Morgan fingerprint density at radius 2 is 2.31 bits per heavy atom. The molecule has 0 amide bonds. The number of ether oxygens (including phenoxy) is 1. The van der Waals surface area contributed by atoms with E-state index in [2.05, 4.69) is 0 Å². The molecule has 1 aromatic carbocycles. The maximum absolute atomic E-state index is 10.3. The van der Waals surface area contributed by atoms with Gasteiger partial charge in [-0.15, -0.1) is 0 Å². The summed E-state index contributed by atoms with van der Waals surface area (Å²) >= 11 is 0. The molecule has 0 spiro atoms. The summed E-state index contributed by atoms with van der Waals surface area (Å²) in [6.07, 6.45) is 1.53. The molecule has 0 aromatic heterocycles. The molecular weight excluding hydrogens is 202 g/mol. The van der Waals surface area contributed by atoms with Crippen LogP contribution in [-0.4, -0.2) is 18.3 Å². The highest BCUT2D eigenvalue weighted by atomic mass is 16.5. The molecule has 0 saturated carbocycles. The van der Waals surface area contributed by atoms with Gasteiger partial charge >= 0.3 is 0 Å². The first-order valence-electron chi connectivity index (χ1n) is 5.80. The Balaban J connectivity index is 2.15. The molecule has 2 atom stereocenters. The van der Waals surface area contributed by atoms with Crippen LogP contribution in [0.3, 0.4) is 0 Å². The number of aliphatic hydroxyl groups excluding tert-OH is 1. The summed E-state index contributed by atoms with van der Waals surface area (Å²) in [5, 5.41) is 10.3. The number of hydrogen-bond acceptors (Lipinski definition) is 3. The summed E-state index contributed by atoms with van der Waals surface area (Å²) in [5.41, 5.74) is 8.56. The van der Waals surface area contributed by atoms with Gasteiger partial charge < -0.3 is 15.6 Å². The number of benzene rings is 1. The standard InChI is InChI=1S/C13H19NO2/c1-9-4-5-11(12(14)7-9)13(15)10-3-2-6-16-8-10/h4-5,7,10,13,15H,2-3,6,8,14H2,1H3. The molecule has 16 heavy (non-hydrogen) atoms. The van der Waals surface area contributed by atoms with Gasteiger partial charge in [0.05, 0.1) is 12.7 Å². The third-order valence-corrected chi connectivity index (χ3v) is 3.20. The van der Waals surface area contributed by atoms with Crippen molar-refractivity contribution in [3.05, 3.63) is 29.3 Å². The largest absolute Gasteiger partial charge is 0.398 e. The minimum atomic E-state index is -0.499. The Bertz CT molecular complexity index is 359. The lowest BCUT2D eigenvalue weighted by Crippen LogP contribution is -2.24. The molecule has 0 bridgehead atoms. The lowest BCUT2D eigenvalue weighted by Gasteiger charge is -2.27. The number of nitrogens with two attached hydrogens (primary N) is 1. The van der Waals surface area contributed by atoms with Crippen LogP contribution in [0, 0.1) is 12.8 Å². The van der Waals surface area contributed by atoms with Gasteiger partial charge in [0.25, 0.3) is 0 Å². The van der Waals surface area contributed by atoms with Gasteiger partial charge in [-0.3, -0.25) is 0 Å². The Hall–Kier alpha value is -1.06. The number of nitrogen functional groups attached to an aromatic ring is 1. The van der Waals surface area contributed by atoms with Crippen molar-refractivity contribution in [2.45, 2.75) is 25.9 Å². The summed E-state index contributed by atoms with van der Waals surface area (Å²) in [6.45, 7) is 3.44. The minimum Gasteiger partial charge on any atom is -0.398 e. The molecule has 1 aliphatic heterocycles. The third kappa shape index (κ3) is 2.36. The van der Waals surface area contributed by atoms with Gasteiger partial charge in [-0.05, 0) is 31.4 Å². The number of rotatable bonds is 2. The topological polar surface area (TPSA) is 55.5 Å². The van der Waals surface area contributed by atoms with Crippen molar-refractivity contribution < 1.29 is 9.84 Å². The van der Waals surface area contributed by atoms with Crippen molar-refractivity contribution in [1.82, 2.24) is 0 Å². The van der Waals surface area contributed by atoms with Gasteiger partial charge in [0, 0.05) is 23.8 Å². The molecule has 3 nitrogen and oxygen atoms in total. The second-order valence-corrected chi connectivity index (χ2v) is 4.55. The van der Waals surface area contributed by atoms with Gasteiger partial charge in [-0.25, -0.2) is 0 Å². The van der Waals surface area contributed by atoms with Crippen LogP contribution < -0.4 is 5.73 Å². The summed E-state index contributed by atoms with van der Waals surface area (Å²) in [4.78, 5) is 0. The molecule has 1 fully saturated rings. The highest BCUT2D eigenvalue weighted by molar-refractivity contribution is 5.50. The van der Waals surface area contributed by atoms with Crippen molar-refractivity contribution in [1.29, 1.82) is 0 Å². The molecule has 2 rings (SSSR count). The van der Waals surface area contributed by atoms with E-state index in [0.29, 0.717) is 12.3 Å². The quantitative estimate of drug-likeness (QED) is 0.751. The molecule has 3 N–H and O–H groups in total. The number of hydrogen-bond donors (Lipinski definition) is 2. The average molecular weight is 221 g/mol. The van der Waals surface area contributed by atoms with E-state index in [1.54, 1.807) is 0 Å². The van der Waals surface area contributed by atoms with Crippen molar-refractivity contribution in [3.8, 4) is 0 Å². The van der Waals surface area contributed by atoms with Crippen LogP contribution in [0.4, 0.5) is 5.69 Å². The van der Waals surface area contributed by atoms with Crippen LogP contribution in [0.1, 0.15) is 30.1 Å². The van der Waals surface area contributed by atoms with Crippen molar-refractivity contribution in [2.75, 3.05) is 18.9 Å². The van der Waals surface area contributed by atoms with Crippen LogP contribution in [-0.2, 0) is 4.74 Å². The second-order valence-electron chi connectivity index (χ2n) is 4.55. The third-order valence-electron chi connectivity index (χ3n) is 3.20. The van der Waals surface area contributed by atoms with E-state index in [0.717, 1.165) is 30.6 Å². The number of aliphatic hydroxyl groups is 1. The van der Waals surface area contributed by atoms with Crippen molar-refractivity contribution in [2.24, 2.45) is 5.92 Å². The van der Waals surface area contributed by atoms with E-state index in [1.807, 2.05) is 25.1 Å². The number of anilines is 1. The van der Waals surface area contributed by atoms with Gasteiger partial charge in [-0.1, -0.05) is 12.1 Å². The Morgan fingerprint density at radius 1 is 1.50 bits per heavy atom. The first-order chi connectivity index (χ1) is 7.68. The zero-order valence-electron chi connectivity index (χ0n) is 9.65. The summed E-state index contributed by atoms with van der Waals surface area (Å²) in [5.74, 6) is 0.179. The van der Waals surface area contributed by atoms with Gasteiger partial charge in [0.1, 0.15) is 0 Å². The van der Waals surface area contributed by atoms with E-state index >= 15 is 0 Å². The average Bonchev–Trinajstić information content (AvgIpc) is 2.29. The van der Waals surface area contributed by atoms with Gasteiger partial charge in [0.15, 0.2) is 0 Å². The predicted octanol–water partition coefficient (Wildman–Crippen LogP) is 2.04. The molecule has 1 aliphatic rings. The first-order valence-corrected chi connectivity index (χ1v) is 5.80. The SMILES string of the molecule is Cc1ccc(C(O)C2CCCOC2)c(N)c1. The molecule has 3 heteroatoms. The highest BCUT2D eigenvalue weighted by Crippen LogP contribution is 2.31. The van der Waals surface area contributed by atoms with E-state index in [4.69, 9.17) is 10.5 Å². The minimum absolute atomic E-state index is 0.179. The van der Waals surface area contributed by atoms with E-state index in [1.165, 1.54) is 0 Å². The Kier molecular flexibility index (Phi) is 3.46. The molecule has 0 radical (unpaired) electrons. The van der Waals surface area contributed by atoms with Crippen LogP contribution in [0.2, 0.25) is 0 Å². The first kappa shape index (κ1) is 11.4. The van der Waals surface area contributed by atoms with Crippen molar-refractivity contribution >= 4 is 5.69 Å². The summed E-state index contributed by atoms with van der Waals surface area (Å²) in [7, 11) is 0. The Morgan fingerprint density at radius 3 is 2.94 bits per heavy atom.